The van der Waals surface area contributed by atoms with Crippen LogP contribution >= 0.6 is 12.2 Å². The van der Waals surface area contributed by atoms with Crippen LogP contribution in [0, 0.1) is 10.7 Å². The molecule has 4 nitrogen and oxygen atoms in total. The number of nitrogens with one attached hydrogen (secondary N) is 1. The average Bonchev–Trinajstić information content (AvgIpc) is 2.74. The van der Waals surface area contributed by atoms with Gasteiger partial charge in [0.1, 0.15) is 11.6 Å². The summed E-state index contributed by atoms with van der Waals surface area (Å²) in [5.41, 5.74) is 0.779. The number of halogens is 1. The predicted molar refractivity (Wildman–Crippen MR) is 66.8 cm³/mol. The highest BCUT2D eigenvalue weighted by Gasteiger charge is 2.15. The van der Waals surface area contributed by atoms with Crippen molar-refractivity contribution >= 4 is 12.2 Å². The fourth-order valence-electron chi connectivity index (χ4n) is 1.81. The summed E-state index contributed by atoms with van der Waals surface area (Å²) in [4.78, 5) is 0.239. The maximum Gasteiger partial charge on any atom is 0.284 e. The van der Waals surface area contributed by atoms with Gasteiger partial charge in [-0.25, -0.2) is 9.49 Å². The van der Waals surface area contributed by atoms with Crippen molar-refractivity contribution in [3.63, 3.8) is 0 Å². The molecule has 1 N–H and O–H groups in total. The SMILES string of the molecule is COc1ccc(F)cc1C(C)Cc1n[nH]c(=S)o1. The Kier molecular flexibility index (Phi) is 3.76. The van der Waals surface area contributed by atoms with E-state index in [-0.39, 0.29) is 16.6 Å². The Labute approximate surface area is 109 Å². The minimum absolute atomic E-state index is 0.0112. The van der Waals surface area contributed by atoms with E-state index in [1.807, 2.05) is 6.92 Å². The van der Waals surface area contributed by atoms with E-state index >= 15 is 0 Å². The lowest BCUT2D eigenvalue weighted by Crippen LogP contribution is -2.02. The highest BCUT2D eigenvalue weighted by atomic mass is 32.1. The van der Waals surface area contributed by atoms with E-state index in [1.165, 1.54) is 12.1 Å². The van der Waals surface area contributed by atoms with E-state index < -0.39 is 0 Å². The summed E-state index contributed by atoms with van der Waals surface area (Å²) in [6.07, 6.45) is 0.521. The summed E-state index contributed by atoms with van der Waals surface area (Å²) in [6, 6.07) is 4.45. The molecule has 0 radical (unpaired) electrons. The highest BCUT2D eigenvalue weighted by Crippen LogP contribution is 2.29. The molecule has 96 valence electrons. The van der Waals surface area contributed by atoms with Gasteiger partial charge in [0.2, 0.25) is 5.89 Å². The average molecular weight is 268 g/mol. The van der Waals surface area contributed by atoms with Gasteiger partial charge in [-0.05, 0) is 36.3 Å². The maximum atomic E-state index is 13.3. The first kappa shape index (κ1) is 12.8. The van der Waals surface area contributed by atoms with Crippen LogP contribution in [0.1, 0.15) is 24.3 Å². The minimum Gasteiger partial charge on any atom is -0.496 e. The number of rotatable bonds is 4. The van der Waals surface area contributed by atoms with E-state index in [2.05, 4.69) is 10.2 Å². The molecule has 2 aromatic rings. The molecule has 0 bridgehead atoms. The van der Waals surface area contributed by atoms with Crippen molar-refractivity contribution in [3.05, 3.63) is 40.3 Å². The van der Waals surface area contributed by atoms with Crippen LogP contribution in [0.5, 0.6) is 5.75 Å². The monoisotopic (exact) mass is 268 g/mol. The Morgan fingerprint density at radius 3 is 2.94 bits per heavy atom. The molecule has 0 aliphatic heterocycles. The third-order valence-electron chi connectivity index (χ3n) is 2.69. The molecule has 1 aromatic heterocycles. The van der Waals surface area contributed by atoms with Gasteiger partial charge in [0.05, 0.1) is 7.11 Å². The first-order valence-corrected chi connectivity index (χ1v) is 5.89. The number of hydrogen-bond donors (Lipinski definition) is 1. The fraction of sp³-hybridized carbons (Fsp3) is 0.333. The lowest BCUT2D eigenvalue weighted by Gasteiger charge is -2.14. The summed E-state index contributed by atoms with van der Waals surface area (Å²) in [6.45, 7) is 1.95. The minimum atomic E-state index is -0.291. The van der Waals surface area contributed by atoms with Crippen LogP contribution in [0.2, 0.25) is 0 Å². The van der Waals surface area contributed by atoms with Crippen LogP contribution in [-0.2, 0) is 6.42 Å². The molecule has 2 rings (SSSR count). The quantitative estimate of drug-likeness (QED) is 0.865. The van der Waals surface area contributed by atoms with Crippen molar-refractivity contribution in [2.75, 3.05) is 7.11 Å². The van der Waals surface area contributed by atoms with Gasteiger partial charge in [-0.15, -0.1) is 5.10 Å². The van der Waals surface area contributed by atoms with Crippen molar-refractivity contribution in [1.82, 2.24) is 10.2 Å². The summed E-state index contributed by atoms with van der Waals surface area (Å²) >= 11 is 4.80. The Balaban J connectivity index is 2.25. The van der Waals surface area contributed by atoms with E-state index in [0.717, 1.165) is 5.56 Å². The van der Waals surface area contributed by atoms with Crippen LogP contribution in [-0.4, -0.2) is 17.3 Å². The molecule has 1 atom stereocenters. The van der Waals surface area contributed by atoms with Crippen LogP contribution in [0.15, 0.2) is 22.6 Å². The molecule has 1 unspecified atom stereocenters. The second-order valence-corrected chi connectivity index (χ2v) is 4.37. The normalized spacial score (nSPS) is 12.4. The van der Waals surface area contributed by atoms with Crippen molar-refractivity contribution in [3.8, 4) is 5.75 Å². The second-order valence-electron chi connectivity index (χ2n) is 4.00. The van der Waals surface area contributed by atoms with Crippen LogP contribution < -0.4 is 4.74 Å². The Morgan fingerprint density at radius 1 is 1.56 bits per heavy atom. The molecule has 18 heavy (non-hydrogen) atoms. The molecule has 1 aromatic carbocycles. The smallest absolute Gasteiger partial charge is 0.284 e. The zero-order chi connectivity index (χ0) is 13.1. The number of H-pyrrole nitrogens is 1. The Hall–Kier alpha value is -1.69. The first-order chi connectivity index (χ1) is 8.60. The van der Waals surface area contributed by atoms with Gasteiger partial charge in [0, 0.05) is 12.0 Å². The fourth-order valence-corrected chi connectivity index (χ4v) is 1.95. The zero-order valence-corrected chi connectivity index (χ0v) is 10.9. The van der Waals surface area contributed by atoms with Gasteiger partial charge in [-0.3, -0.25) is 0 Å². The van der Waals surface area contributed by atoms with Crippen molar-refractivity contribution in [2.24, 2.45) is 0 Å². The largest absolute Gasteiger partial charge is 0.496 e. The topological polar surface area (TPSA) is 51.0 Å². The summed E-state index contributed by atoms with van der Waals surface area (Å²) in [5, 5.41) is 6.49. The molecular weight excluding hydrogens is 255 g/mol. The number of nitrogens with zero attached hydrogens (tertiary/aromatic N) is 1. The molecule has 0 amide bonds. The molecule has 0 saturated carbocycles. The van der Waals surface area contributed by atoms with Gasteiger partial charge >= 0.3 is 0 Å². The number of hydrogen-bond acceptors (Lipinski definition) is 4. The number of aromatic nitrogens is 2. The van der Waals surface area contributed by atoms with Gasteiger partial charge in [-0.1, -0.05) is 6.92 Å². The van der Waals surface area contributed by atoms with Crippen molar-refractivity contribution in [2.45, 2.75) is 19.3 Å². The first-order valence-electron chi connectivity index (χ1n) is 5.48. The highest BCUT2D eigenvalue weighted by molar-refractivity contribution is 7.71. The van der Waals surface area contributed by atoms with Crippen LogP contribution in [0.3, 0.4) is 0 Å². The van der Waals surface area contributed by atoms with Gasteiger partial charge < -0.3 is 9.15 Å². The standard InChI is InChI=1S/C12H13FN2O2S/c1-7(5-11-14-15-12(18)17-11)9-6-8(13)3-4-10(9)16-2/h3-4,6-7H,5H2,1-2H3,(H,15,18). The van der Waals surface area contributed by atoms with E-state index in [4.69, 9.17) is 21.4 Å². The predicted octanol–water partition coefficient (Wildman–Crippen LogP) is 3.23. The second kappa shape index (κ2) is 5.30. The van der Waals surface area contributed by atoms with Crippen molar-refractivity contribution in [1.29, 1.82) is 0 Å². The van der Waals surface area contributed by atoms with E-state index in [9.17, 15) is 4.39 Å². The van der Waals surface area contributed by atoms with Gasteiger partial charge in [-0.2, -0.15) is 0 Å². The third-order valence-corrected chi connectivity index (χ3v) is 2.86. The van der Waals surface area contributed by atoms with Crippen LogP contribution in [0.25, 0.3) is 0 Å². The summed E-state index contributed by atoms with van der Waals surface area (Å²) < 4.78 is 23.7. The Bertz CT molecular complexity index is 594. The molecule has 0 fully saturated rings. The van der Waals surface area contributed by atoms with Crippen molar-refractivity contribution < 1.29 is 13.5 Å². The summed E-state index contributed by atoms with van der Waals surface area (Å²) in [5.74, 6) is 0.870. The van der Waals surface area contributed by atoms with Crippen LogP contribution in [0.4, 0.5) is 4.39 Å². The van der Waals surface area contributed by atoms with Gasteiger partial charge in [0.25, 0.3) is 4.84 Å². The van der Waals surface area contributed by atoms with E-state index in [0.29, 0.717) is 18.1 Å². The number of ether oxygens (including phenoxy) is 1. The molecule has 0 aliphatic rings. The summed E-state index contributed by atoms with van der Waals surface area (Å²) in [7, 11) is 1.56. The number of methoxy groups -OCH3 is 1. The zero-order valence-electron chi connectivity index (χ0n) is 10.1. The van der Waals surface area contributed by atoms with E-state index in [1.54, 1.807) is 13.2 Å². The molecule has 6 heteroatoms. The molecule has 1 heterocycles. The molecular formula is C12H13FN2O2S. The lowest BCUT2D eigenvalue weighted by atomic mass is 9.96. The molecule has 0 spiro atoms. The third kappa shape index (κ3) is 2.76. The number of aromatic amines is 1. The Morgan fingerprint density at radius 2 is 2.33 bits per heavy atom. The lowest BCUT2D eigenvalue weighted by molar-refractivity contribution is 0.401. The molecule has 0 saturated heterocycles. The molecule has 0 aliphatic carbocycles. The van der Waals surface area contributed by atoms with Gasteiger partial charge in [0.15, 0.2) is 0 Å². The maximum absolute atomic E-state index is 13.3. The number of benzene rings is 1.